The Balaban J connectivity index is 2.13. The third-order valence-electron chi connectivity index (χ3n) is 3.75. The fourth-order valence-corrected chi connectivity index (χ4v) is 2.60. The average molecular weight is 296 g/mol. The maximum absolute atomic E-state index is 12.5. The summed E-state index contributed by atoms with van der Waals surface area (Å²) in [5.41, 5.74) is 2.00. The van der Waals surface area contributed by atoms with E-state index in [1.165, 1.54) is 7.11 Å². The number of methoxy groups -OCH3 is 1. The number of nitrogens with zero attached hydrogens (tertiary/aromatic N) is 1. The molecule has 5 heteroatoms. The molecule has 3 rings (SSSR count). The number of ether oxygens (including phenoxy) is 1. The predicted octanol–water partition coefficient (Wildman–Crippen LogP) is 2.58. The van der Waals surface area contributed by atoms with Crippen molar-refractivity contribution < 1.29 is 19.1 Å². The molecule has 2 aromatic carbocycles. The zero-order valence-electron chi connectivity index (χ0n) is 12.1. The Kier molecular flexibility index (Phi) is 3.25. The lowest BCUT2D eigenvalue weighted by Crippen LogP contribution is -2.30. The van der Waals surface area contributed by atoms with Gasteiger partial charge >= 0.3 is 5.97 Å². The van der Waals surface area contributed by atoms with Gasteiger partial charge in [0.15, 0.2) is 0 Å². The minimum Gasteiger partial charge on any atom is -0.465 e. The number of amides is 2. The van der Waals surface area contributed by atoms with Crippen molar-refractivity contribution in [2.45, 2.75) is 6.92 Å². The van der Waals surface area contributed by atoms with Crippen molar-refractivity contribution in [3.05, 3.63) is 64.7 Å². The summed E-state index contributed by atoms with van der Waals surface area (Å²) in [6, 6.07) is 11.5. The Bertz CT molecular complexity index is 775. The SMILES string of the molecule is COC(=O)c1cccc([15N]2C(=O)c3ccccc3C2=O)c1C. The molecule has 1 aliphatic heterocycles. The molecular weight excluding hydrogens is 283 g/mol. The van der Waals surface area contributed by atoms with Gasteiger partial charge < -0.3 is 4.74 Å². The van der Waals surface area contributed by atoms with Crippen LogP contribution in [0.3, 0.4) is 0 Å². The van der Waals surface area contributed by atoms with E-state index < -0.39 is 5.97 Å². The summed E-state index contributed by atoms with van der Waals surface area (Å²) in [4.78, 5) is 37.9. The van der Waals surface area contributed by atoms with Gasteiger partial charge in [0.2, 0.25) is 0 Å². The number of benzene rings is 2. The molecular formula is C17H13NO4. The zero-order valence-corrected chi connectivity index (χ0v) is 12.1. The molecule has 2 aromatic rings. The van der Waals surface area contributed by atoms with E-state index in [4.69, 9.17) is 4.74 Å². The Labute approximate surface area is 127 Å². The van der Waals surface area contributed by atoms with E-state index in [0.717, 1.165) is 4.90 Å². The minimum atomic E-state index is -0.504. The van der Waals surface area contributed by atoms with Crippen LogP contribution in [0.2, 0.25) is 0 Å². The number of carbonyl (C=O) groups is 3. The number of imide groups is 1. The average Bonchev–Trinajstić information content (AvgIpc) is 2.79. The molecule has 0 radical (unpaired) electrons. The molecule has 0 N–H and O–H groups in total. The van der Waals surface area contributed by atoms with Crippen LogP contribution in [0.5, 0.6) is 0 Å². The van der Waals surface area contributed by atoms with E-state index >= 15 is 0 Å². The number of hydrogen-bond donors (Lipinski definition) is 0. The van der Waals surface area contributed by atoms with E-state index in [9.17, 15) is 14.4 Å². The first kappa shape index (κ1) is 14.0. The van der Waals surface area contributed by atoms with E-state index in [0.29, 0.717) is 27.9 Å². The topological polar surface area (TPSA) is 63.7 Å². The number of carbonyl (C=O) groups excluding carboxylic acids is 3. The zero-order chi connectivity index (χ0) is 15.9. The Hall–Kier alpha value is -2.95. The molecule has 0 aliphatic carbocycles. The lowest BCUT2D eigenvalue weighted by atomic mass is 10.1. The van der Waals surface area contributed by atoms with Gasteiger partial charge in [-0.1, -0.05) is 18.2 Å². The summed E-state index contributed by atoms with van der Waals surface area (Å²) >= 11 is 0. The van der Waals surface area contributed by atoms with Crippen LogP contribution in [0, 0.1) is 6.92 Å². The lowest BCUT2D eigenvalue weighted by molar-refractivity contribution is 0.0599. The van der Waals surface area contributed by atoms with Crippen LogP contribution in [-0.2, 0) is 4.74 Å². The van der Waals surface area contributed by atoms with Gasteiger partial charge in [-0.15, -0.1) is 0 Å². The molecule has 1 heterocycles. The lowest BCUT2D eigenvalue weighted by Gasteiger charge is -2.18. The van der Waals surface area contributed by atoms with Crippen molar-refractivity contribution in [1.82, 2.24) is 0 Å². The van der Waals surface area contributed by atoms with Crippen LogP contribution in [0.25, 0.3) is 0 Å². The molecule has 0 bridgehead atoms. The fraction of sp³-hybridized carbons (Fsp3) is 0.118. The molecule has 1 aliphatic rings. The van der Waals surface area contributed by atoms with Crippen molar-refractivity contribution in [2.75, 3.05) is 12.0 Å². The van der Waals surface area contributed by atoms with Gasteiger partial charge in [0.1, 0.15) is 0 Å². The van der Waals surface area contributed by atoms with Crippen LogP contribution < -0.4 is 4.90 Å². The number of esters is 1. The van der Waals surface area contributed by atoms with Gasteiger partial charge in [0, 0.05) is 0 Å². The van der Waals surface area contributed by atoms with Gasteiger partial charge in [-0.25, -0.2) is 9.69 Å². The predicted molar refractivity (Wildman–Crippen MR) is 80.1 cm³/mol. The first-order chi connectivity index (χ1) is 10.6. The second kappa shape index (κ2) is 5.11. The number of hydrogen-bond acceptors (Lipinski definition) is 4. The standard InChI is InChI=1S/C17H13NO4/c1-10-11(17(21)22-2)8-5-9-14(10)18-15(19)12-6-3-4-7-13(12)16(18)20/h3-9H,1-2H3/i18+1. The molecule has 0 saturated heterocycles. The molecule has 5 nitrogen and oxygen atoms in total. The van der Waals surface area contributed by atoms with Crippen molar-refractivity contribution in [1.29, 1.82) is 0 Å². The molecule has 0 aromatic heterocycles. The first-order valence-electron chi connectivity index (χ1n) is 6.72. The van der Waals surface area contributed by atoms with Crippen molar-refractivity contribution >= 4 is 23.5 Å². The Morgan fingerprint density at radius 3 is 2.09 bits per heavy atom. The van der Waals surface area contributed by atoms with Crippen molar-refractivity contribution in [2.24, 2.45) is 0 Å². The van der Waals surface area contributed by atoms with Gasteiger partial charge in [0.05, 0.1) is 29.5 Å². The van der Waals surface area contributed by atoms with Crippen LogP contribution >= 0.6 is 0 Å². The third kappa shape index (κ3) is 1.90. The summed E-state index contributed by atoms with van der Waals surface area (Å²) in [5.74, 6) is -1.27. The Morgan fingerprint density at radius 2 is 1.55 bits per heavy atom. The van der Waals surface area contributed by atoms with Crippen LogP contribution in [-0.4, -0.2) is 24.9 Å². The normalized spacial score (nSPS) is 13.3. The summed E-state index contributed by atoms with van der Waals surface area (Å²) in [7, 11) is 1.29. The molecule has 0 unspecified atom stereocenters. The largest absolute Gasteiger partial charge is 0.465 e. The Morgan fingerprint density at radius 1 is 0.955 bits per heavy atom. The van der Waals surface area contributed by atoms with E-state index in [-0.39, 0.29) is 11.8 Å². The summed E-state index contributed by atoms with van der Waals surface area (Å²) in [6.45, 7) is 1.69. The number of rotatable bonds is 2. The second-order valence-corrected chi connectivity index (χ2v) is 4.93. The van der Waals surface area contributed by atoms with Gasteiger partial charge in [-0.05, 0) is 36.8 Å². The van der Waals surface area contributed by atoms with Crippen LogP contribution in [0.15, 0.2) is 42.5 Å². The molecule has 0 fully saturated rings. The monoisotopic (exact) mass is 296 g/mol. The molecule has 0 atom stereocenters. The highest BCUT2D eigenvalue weighted by Gasteiger charge is 2.37. The molecule has 0 spiro atoms. The summed E-state index contributed by atoms with van der Waals surface area (Å²) < 4.78 is 4.72. The summed E-state index contributed by atoms with van der Waals surface area (Å²) in [6.07, 6.45) is 0. The van der Waals surface area contributed by atoms with Gasteiger partial charge in [0.25, 0.3) is 11.8 Å². The van der Waals surface area contributed by atoms with Crippen LogP contribution in [0.1, 0.15) is 36.6 Å². The minimum absolute atomic E-state index is 0.330. The smallest absolute Gasteiger partial charge is 0.338 e. The molecule has 110 valence electrons. The van der Waals surface area contributed by atoms with Crippen LogP contribution in [0.4, 0.5) is 5.69 Å². The fourth-order valence-electron chi connectivity index (χ4n) is 2.60. The van der Waals surface area contributed by atoms with Gasteiger partial charge in [-0.3, -0.25) is 9.59 Å². The second-order valence-electron chi connectivity index (χ2n) is 4.93. The van der Waals surface area contributed by atoms with Crippen molar-refractivity contribution in [3.8, 4) is 0 Å². The summed E-state index contributed by atoms with van der Waals surface area (Å²) in [5, 5.41) is 0. The maximum atomic E-state index is 12.5. The van der Waals surface area contributed by atoms with E-state index in [1.807, 2.05) is 0 Å². The molecule has 0 saturated carbocycles. The highest BCUT2D eigenvalue weighted by molar-refractivity contribution is 6.34. The highest BCUT2D eigenvalue weighted by Crippen LogP contribution is 2.31. The third-order valence-corrected chi connectivity index (χ3v) is 3.75. The highest BCUT2D eigenvalue weighted by atomic mass is 16.5. The number of anilines is 1. The first-order valence-corrected chi connectivity index (χ1v) is 6.72. The molecule has 22 heavy (non-hydrogen) atoms. The van der Waals surface area contributed by atoms with Crippen molar-refractivity contribution in [3.63, 3.8) is 0 Å². The van der Waals surface area contributed by atoms with E-state index in [1.54, 1.807) is 49.4 Å². The number of fused-ring (bicyclic) bond motifs is 1. The van der Waals surface area contributed by atoms with E-state index in [2.05, 4.69) is 0 Å². The quantitative estimate of drug-likeness (QED) is 0.485. The van der Waals surface area contributed by atoms with Gasteiger partial charge in [-0.2, -0.15) is 0 Å². The molecule has 2 amide bonds. The maximum Gasteiger partial charge on any atom is 0.338 e.